The van der Waals surface area contributed by atoms with Gasteiger partial charge in [0.2, 0.25) is 0 Å². The summed E-state index contributed by atoms with van der Waals surface area (Å²) in [5.74, 6) is -0.906. The summed E-state index contributed by atoms with van der Waals surface area (Å²) in [6.45, 7) is 5.69. The molecule has 0 unspecified atom stereocenters. The minimum Gasteiger partial charge on any atom is -0.378 e. The second kappa shape index (κ2) is 7.38. The van der Waals surface area contributed by atoms with Gasteiger partial charge in [-0.15, -0.1) is 0 Å². The van der Waals surface area contributed by atoms with E-state index in [0.717, 1.165) is 27.4 Å². The van der Waals surface area contributed by atoms with Crippen LogP contribution in [-0.2, 0) is 4.84 Å². The summed E-state index contributed by atoms with van der Waals surface area (Å²) >= 11 is 0. The molecule has 0 aliphatic carbocycles. The normalized spacial score (nSPS) is 10.3. The monoisotopic (exact) mass is 340 g/mol. The van der Waals surface area contributed by atoms with Gasteiger partial charge in [0.25, 0.3) is 5.91 Å². The zero-order valence-electron chi connectivity index (χ0n) is 15.6. The molecule has 5 nitrogen and oxygen atoms in total. The van der Waals surface area contributed by atoms with Gasteiger partial charge < -0.3 is 9.74 Å². The molecule has 2 rings (SSSR count). The average Bonchev–Trinajstić information content (AvgIpc) is 2.53. The first-order valence-electron chi connectivity index (χ1n) is 8.06. The van der Waals surface area contributed by atoms with Gasteiger partial charge in [0, 0.05) is 32.4 Å². The lowest BCUT2D eigenvalue weighted by Gasteiger charge is -2.19. The number of carbonyl (C=O) groups excluding carboxylic acids is 2. The van der Waals surface area contributed by atoms with E-state index in [9.17, 15) is 9.59 Å². The van der Waals surface area contributed by atoms with Gasteiger partial charge in [-0.2, -0.15) is 5.06 Å². The summed E-state index contributed by atoms with van der Waals surface area (Å²) < 4.78 is 0. The molecule has 0 N–H and O–H groups in total. The van der Waals surface area contributed by atoms with Crippen molar-refractivity contribution in [1.82, 2.24) is 5.06 Å². The summed E-state index contributed by atoms with van der Waals surface area (Å²) in [5.41, 5.74) is 4.68. The quantitative estimate of drug-likeness (QED) is 0.802. The maximum Gasteiger partial charge on any atom is 0.363 e. The highest BCUT2D eigenvalue weighted by Crippen LogP contribution is 2.19. The SMILES string of the molecule is Cc1cc(C)c(C(=O)ON(C)C(=O)c2ccc(N(C)C)cc2)c(C)c1. The Hall–Kier alpha value is -2.82. The van der Waals surface area contributed by atoms with Gasteiger partial charge >= 0.3 is 5.97 Å². The van der Waals surface area contributed by atoms with Crippen molar-refractivity contribution in [3.63, 3.8) is 0 Å². The standard InChI is InChI=1S/C20H24N2O3/c1-13-11-14(2)18(15(3)12-13)20(24)25-22(6)19(23)16-7-9-17(10-8-16)21(4)5/h7-12H,1-6H3. The van der Waals surface area contributed by atoms with Crippen LogP contribution in [0.2, 0.25) is 0 Å². The third-order valence-electron chi connectivity index (χ3n) is 4.02. The molecular weight excluding hydrogens is 316 g/mol. The van der Waals surface area contributed by atoms with Crippen LogP contribution in [0, 0.1) is 20.8 Å². The molecular formula is C20H24N2O3. The van der Waals surface area contributed by atoms with Crippen molar-refractivity contribution in [3.05, 3.63) is 64.2 Å². The molecule has 2 aromatic rings. The molecule has 0 fully saturated rings. The van der Waals surface area contributed by atoms with Crippen LogP contribution in [0.15, 0.2) is 36.4 Å². The number of hydrogen-bond donors (Lipinski definition) is 0. The summed E-state index contributed by atoms with van der Waals surface area (Å²) in [6, 6.07) is 11.0. The lowest BCUT2D eigenvalue weighted by atomic mass is 10.0. The number of anilines is 1. The van der Waals surface area contributed by atoms with Crippen LogP contribution in [0.4, 0.5) is 5.69 Å². The van der Waals surface area contributed by atoms with E-state index in [4.69, 9.17) is 4.84 Å². The number of aryl methyl sites for hydroxylation is 3. The van der Waals surface area contributed by atoms with E-state index in [-0.39, 0.29) is 5.91 Å². The molecule has 132 valence electrons. The van der Waals surface area contributed by atoms with Crippen molar-refractivity contribution in [2.45, 2.75) is 20.8 Å². The van der Waals surface area contributed by atoms with Crippen molar-refractivity contribution in [1.29, 1.82) is 0 Å². The third kappa shape index (κ3) is 4.18. The molecule has 1 amide bonds. The highest BCUT2D eigenvalue weighted by Gasteiger charge is 2.20. The van der Waals surface area contributed by atoms with Gasteiger partial charge in [0.1, 0.15) is 0 Å². The Labute approximate surface area is 148 Å². The first-order chi connectivity index (χ1) is 11.7. The number of hydrogen-bond acceptors (Lipinski definition) is 4. The smallest absolute Gasteiger partial charge is 0.363 e. The van der Waals surface area contributed by atoms with Crippen LogP contribution in [-0.4, -0.2) is 38.1 Å². The second-order valence-electron chi connectivity index (χ2n) is 6.40. The lowest BCUT2D eigenvalue weighted by molar-refractivity contribution is -0.0659. The van der Waals surface area contributed by atoms with Crippen molar-refractivity contribution in [3.8, 4) is 0 Å². The Balaban J connectivity index is 2.14. The first-order valence-corrected chi connectivity index (χ1v) is 8.06. The second-order valence-corrected chi connectivity index (χ2v) is 6.40. The zero-order chi connectivity index (χ0) is 18.7. The van der Waals surface area contributed by atoms with E-state index in [1.165, 1.54) is 7.05 Å². The van der Waals surface area contributed by atoms with E-state index in [1.807, 2.05) is 64.0 Å². The Morgan fingerprint density at radius 1 is 0.880 bits per heavy atom. The molecule has 0 heterocycles. The minimum absolute atomic E-state index is 0.374. The first kappa shape index (κ1) is 18.5. The van der Waals surface area contributed by atoms with Crippen molar-refractivity contribution >= 4 is 17.6 Å². The van der Waals surface area contributed by atoms with Gasteiger partial charge in [-0.25, -0.2) is 4.79 Å². The van der Waals surface area contributed by atoms with Crippen LogP contribution in [0.5, 0.6) is 0 Å². The Morgan fingerprint density at radius 2 is 1.40 bits per heavy atom. The molecule has 0 spiro atoms. The number of carbonyl (C=O) groups is 2. The van der Waals surface area contributed by atoms with Crippen molar-refractivity contribution in [2.24, 2.45) is 0 Å². The van der Waals surface area contributed by atoms with E-state index in [1.54, 1.807) is 12.1 Å². The minimum atomic E-state index is -0.532. The third-order valence-corrected chi connectivity index (χ3v) is 4.02. The fraction of sp³-hybridized carbons (Fsp3) is 0.300. The van der Waals surface area contributed by atoms with Gasteiger partial charge in [0.15, 0.2) is 0 Å². The fourth-order valence-corrected chi connectivity index (χ4v) is 2.80. The molecule has 25 heavy (non-hydrogen) atoms. The largest absolute Gasteiger partial charge is 0.378 e. The molecule has 2 aromatic carbocycles. The molecule has 0 radical (unpaired) electrons. The van der Waals surface area contributed by atoms with Crippen LogP contribution < -0.4 is 4.90 Å². The number of hydroxylamine groups is 2. The molecule has 5 heteroatoms. The Kier molecular flexibility index (Phi) is 5.47. The summed E-state index contributed by atoms with van der Waals surface area (Å²) in [4.78, 5) is 32.1. The Bertz CT molecular complexity index is 772. The van der Waals surface area contributed by atoms with Gasteiger partial charge in [-0.05, 0) is 56.2 Å². The van der Waals surface area contributed by atoms with Crippen LogP contribution in [0.25, 0.3) is 0 Å². The molecule has 0 saturated heterocycles. The molecule has 0 aromatic heterocycles. The van der Waals surface area contributed by atoms with E-state index < -0.39 is 5.97 Å². The van der Waals surface area contributed by atoms with Gasteiger partial charge in [0.05, 0.1) is 5.56 Å². The van der Waals surface area contributed by atoms with Crippen LogP contribution >= 0.6 is 0 Å². The average molecular weight is 340 g/mol. The van der Waals surface area contributed by atoms with Crippen molar-refractivity contribution < 1.29 is 14.4 Å². The molecule has 0 aliphatic heterocycles. The highest BCUT2D eigenvalue weighted by atomic mass is 16.7. The maximum absolute atomic E-state index is 12.5. The van der Waals surface area contributed by atoms with Crippen molar-refractivity contribution in [2.75, 3.05) is 26.0 Å². The maximum atomic E-state index is 12.5. The predicted molar refractivity (Wildman–Crippen MR) is 98.9 cm³/mol. The number of rotatable bonds is 3. The number of benzene rings is 2. The van der Waals surface area contributed by atoms with E-state index in [2.05, 4.69) is 0 Å². The number of amides is 1. The lowest BCUT2D eigenvalue weighted by Crippen LogP contribution is -2.30. The molecule has 0 atom stereocenters. The molecule has 0 aliphatic rings. The zero-order valence-corrected chi connectivity index (χ0v) is 15.6. The summed E-state index contributed by atoms with van der Waals surface area (Å²) in [6.07, 6.45) is 0. The number of nitrogens with zero attached hydrogens (tertiary/aromatic N) is 2. The predicted octanol–water partition coefficient (Wildman–Crippen LogP) is 3.52. The van der Waals surface area contributed by atoms with Gasteiger partial charge in [-0.3, -0.25) is 4.79 Å². The van der Waals surface area contributed by atoms with E-state index >= 15 is 0 Å². The van der Waals surface area contributed by atoms with Crippen LogP contribution in [0.3, 0.4) is 0 Å². The topological polar surface area (TPSA) is 49.9 Å². The Morgan fingerprint density at radius 3 is 1.88 bits per heavy atom. The molecule has 0 saturated carbocycles. The summed E-state index contributed by atoms with van der Waals surface area (Å²) in [7, 11) is 5.30. The van der Waals surface area contributed by atoms with Crippen LogP contribution in [0.1, 0.15) is 37.4 Å². The molecule has 0 bridgehead atoms. The van der Waals surface area contributed by atoms with Gasteiger partial charge in [-0.1, -0.05) is 17.7 Å². The summed E-state index contributed by atoms with van der Waals surface area (Å²) in [5, 5.41) is 0.978. The van der Waals surface area contributed by atoms with E-state index in [0.29, 0.717) is 11.1 Å². The fourth-order valence-electron chi connectivity index (χ4n) is 2.80. The highest BCUT2D eigenvalue weighted by molar-refractivity contribution is 5.97.